The SMILES string of the molecule is COc1ccc(Br)c2c1[C@H](O)CC(C)SC2. The van der Waals surface area contributed by atoms with Crippen molar-refractivity contribution < 1.29 is 9.84 Å². The monoisotopic (exact) mass is 302 g/mol. The Bertz CT molecular complexity index is 395. The molecule has 0 aromatic heterocycles. The molecular weight excluding hydrogens is 288 g/mol. The van der Waals surface area contributed by atoms with Gasteiger partial charge in [0.15, 0.2) is 0 Å². The van der Waals surface area contributed by atoms with Crippen LogP contribution in [0, 0.1) is 0 Å². The standard InChI is InChI=1S/C12H15BrO2S/c1-7-5-10(14)12-8(6-16-7)9(13)3-4-11(12)15-2/h3-4,7,10,14H,5-6H2,1-2H3/t7?,10-/m1/s1. The Morgan fingerprint density at radius 1 is 1.50 bits per heavy atom. The van der Waals surface area contributed by atoms with Crippen LogP contribution in [0.15, 0.2) is 16.6 Å². The normalized spacial score (nSPS) is 24.8. The predicted octanol–water partition coefficient (Wildman–Crippen LogP) is 3.52. The number of halogens is 1. The van der Waals surface area contributed by atoms with Crippen LogP contribution in [0.3, 0.4) is 0 Å². The first-order chi connectivity index (χ1) is 7.63. The van der Waals surface area contributed by atoms with Crippen LogP contribution in [0.4, 0.5) is 0 Å². The summed E-state index contributed by atoms with van der Waals surface area (Å²) in [5, 5.41) is 10.7. The maximum Gasteiger partial charge on any atom is 0.125 e. The number of rotatable bonds is 1. The summed E-state index contributed by atoms with van der Waals surface area (Å²) in [5.74, 6) is 1.71. The van der Waals surface area contributed by atoms with Crippen molar-refractivity contribution in [3.8, 4) is 5.75 Å². The van der Waals surface area contributed by atoms with Crippen LogP contribution in [-0.2, 0) is 5.75 Å². The zero-order chi connectivity index (χ0) is 11.7. The number of hydrogen-bond acceptors (Lipinski definition) is 3. The molecule has 0 spiro atoms. The number of fused-ring (bicyclic) bond motifs is 1. The lowest BCUT2D eigenvalue weighted by Crippen LogP contribution is -2.06. The fourth-order valence-electron chi connectivity index (χ4n) is 2.03. The average Bonchev–Trinajstić information content (AvgIpc) is 2.40. The molecule has 1 aromatic rings. The summed E-state index contributed by atoms with van der Waals surface area (Å²) >= 11 is 5.42. The number of aliphatic hydroxyl groups excluding tert-OH is 1. The fourth-order valence-corrected chi connectivity index (χ4v) is 3.78. The maximum atomic E-state index is 10.2. The van der Waals surface area contributed by atoms with Gasteiger partial charge in [-0.25, -0.2) is 0 Å². The van der Waals surface area contributed by atoms with Gasteiger partial charge < -0.3 is 9.84 Å². The summed E-state index contributed by atoms with van der Waals surface area (Å²) in [7, 11) is 1.65. The number of thioether (sulfide) groups is 1. The molecule has 1 aliphatic rings. The maximum absolute atomic E-state index is 10.2. The molecule has 0 amide bonds. The number of hydrogen-bond donors (Lipinski definition) is 1. The van der Waals surface area contributed by atoms with E-state index in [-0.39, 0.29) is 0 Å². The summed E-state index contributed by atoms with van der Waals surface area (Å²) in [5.41, 5.74) is 2.12. The second kappa shape index (κ2) is 4.98. The number of benzene rings is 1. The quantitative estimate of drug-likeness (QED) is 0.861. The molecule has 0 radical (unpaired) electrons. The van der Waals surface area contributed by atoms with Gasteiger partial charge in [0.25, 0.3) is 0 Å². The van der Waals surface area contributed by atoms with Crippen LogP contribution in [0.25, 0.3) is 0 Å². The van der Waals surface area contributed by atoms with Gasteiger partial charge in [-0.15, -0.1) is 0 Å². The molecule has 2 nitrogen and oxygen atoms in total. The lowest BCUT2D eigenvalue weighted by atomic mass is 9.99. The van der Waals surface area contributed by atoms with E-state index < -0.39 is 6.10 Å². The van der Waals surface area contributed by atoms with Crippen molar-refractivity contribution in [2.45, 2.75) is 30.5 Å². The molecule has 16 heavy (non-hydrogen) atoms. The van der Waals surface area contributed by atoms with Crippen LogP contribution in [0.1, 0.15) is 30.6 Å². The summed E-state index contributed by atoms with van der Waals surface area (Å²) in [4.78, 5) is 0. The molecule has 4 heteroatoms. The minimum Gasteiger partial charge on any atom is -0.496 e. The van der Waals surface area contributed by atoms with E-state index in [4.69, 9.17) is 4.74 Å². The van der Waals surface area contributed by atoms with Crippen LogP contribution in [-0.4, -0.2) is 17.5 Å². The van der Waals surface area contributed by atoms with Gasteiger partial charge in [0, 0.05) is 21.0 Å². The Morgan fingerprint density at radius 2 is 2.25 bits per heavy atom. The van der Waals surface area contributed by atoms with Crippen molar-refractivity contribution in [3.05, 3.63) is 27.7 Å². The van der Waals surface area contributed by atoms with Crippen LogP contribution in [0.2, 0.25) is 0 Å². The molecule has 88 valence electrons. The molecule has 1 aromatic carbocycles. The Kier molecular flexibility index (Phi) is 3.82. The summed E-state index contributed by atoms with van der Waals surface area (Å²) in [6.45, 7) is 2.15. The van der Waals surface area contributed by atoms with Crippen LogP contribution in [0.5, 0.6) is 5.75 Å². The second-order valence-electron chi connectivity index (χ2n) is 4.01. The van der Waals surface area contributed by atoms with Crippen molar-refractivity contribution in [1.29, 1.82) is 0 Å². The highest BCUT2D eigenvalue weighted by Gasteiger charge is 2.25. The third-order valence-corrected chi connectivity index (χ3v) is 4.84. The summed E-state index contributed by atoms with van der Waals surface area (Å²) in [6.07, 6.45) is 0.359. The van der Waals surface area contributed by atoms with E-state index in [9.17, 15) is 5.11 Å². The second-order valence-corrected chi connectivity index (χ2v) is 6.30. The first-order valence-electron chi connectivity index (χ1n) is 5.28. The number of aliphatic hydroxyl groups is 1. The molecule has 1 heterocycles. The van der Waals surface area contributed by atoms with Gasteiger partial charge in [-0.2, -0.15) is 11.8 Å². The van der Waals surface area contributed by atoms with Crippen molar-refractivity contribution in [1.82, 2.24) is 0 Å². The summed E-state index contributed by atoms with van der Waals surface area (Å²) in [6, 6.07) is 3.90. The van der Waals surface area contributed by atoms with Crippen molar-refractivity contribution in [2.75, 3.05) is 7.11 Å². The Morgan fingerprint density at radius 3 is 2.94 bits per heavy atom. The van der Waals surface area contributed by atoms with Crippen molar-refractivity contribution >= 4 is 27.7 Å². The molecule has 1 unspecified atom stereocenters. The highest BCUT2D eigenvalue weighted by molar-refractivity contribution is 9.10. The molecule has 0 bridgehead atoms. The Labute approximate surface area is 109 Å². The largest absolute Gasteiger partial charge is 0.496 e. The van der Waals surface area contributed by atoms with E-state index >= 15 is 0 Å². The molecule has 0 aliphatic carbocycles. The zero-order valence-electron chi connectivity index (χ0n) is 9.37. The first kappa shape index (κ1) is 12.3. The van der Waals surface area contributed by atoms with E-state index in [0.29, 0.717) is 5.25 Å². The zero-order valence-corrected chi connectivity index (χ0v) is 11.8. The highest BCUT2D eigenvalue weighted by Crippen LogP contribution is 2.42. The van der Waals surface area contributed by atoms with E-state index in [0.717, 1.165) is 28.0 Å². The van der Waals surface area contributed by atoms with E-state index in [1.54, 1.807) is 7.11 Å². The predicted molar refractivity (Wildman–Crippen MR) is 71.0 cm³/mol. The van der Waals surface area contributed by atoms with Gasteiger partial charge in [-0.3, -0.25) is 0 Å². The van der Waals surface area contributed by atoms with Crippen molar-refractivity contribution in [2.24, 2.45) is 0 Å². The lowest BCUT2D eigenvalue weighted by molar-refractivity contribution is 0.164. The third kappa shape index (κ3) is 2.24. The van der Waals surface area contributed by atoms with E-state index in [2.05, 4.69) is 22.9 Å². The highest BCUT2D eigenvalue weighted by atomic mass is 79.9. The van der Waals surface area contributed by atoms with Gasteiger partial charge in [0.05, 0.1) is 13.2 Å². The minimum absolute atomic E-state index is 0.424. The number of methoxy groups -OCH3 is 1. The average molecular weight is 303 g/mol. The van der Waals surface area contributed by atoms with Crippen LogP contribution >= 0.6 is 27.7 Å². The Balaban J connectivity index is 2.53. The van der Waals surface area contributed by atoms with Crippen LogP contribution < -0.4 is 4.74 Å². The molecular formula is C12H15BrO2S. The van der Waals surface area contributed by atoms with Gasteiger partial charge in [-0.05, 0) is 24.1 Å². The third-order valence-electron chi connectivity index (χ3n) is 2.88. The summed E-state index contributed by atoms with van der Waals surface area (Å²) < 4.78 is 6.40. The fraction of sp³-hybridized carbons (Fsp3) is 0.500. The van der Waals surface area contributed by atoms with E-state index in [1.807, 2.05) is 23.9 Å². The van der Waals surface area contributed by atoms with Gasteiger partial charge in [-0.1, -0.05) is 22.9 Å². The van der Waals surface area contributed by atoms with E-state index in [1.165, 1.54) is 5.56 Å². The molecule has 2 rings (SSSR count). The van der Waals surface area contributed by atoms with Crippen molar-refractivity contribution in [3.63, 3.8) is 0 Å². The molecule has 0 fully saturated rings. The lowest BCUT2D eigenvalue weighted by Gasteiger charge is -2.17. The Hall–Kier alpha value is -0.190. The molecule has 2 atom stereocenters. The van der Waals surface area contributed by atoms with Gasteiger partial charge in [0.1, 0.15) is 5.75 Å². The number of ether oxygens (including phenoxy) is 1. The first-order valence-corrected chi connectivity index (χ1v) is 7.12. The molecule has 1 aliphatic heterocycles. The topological polar surface area (TPSA) is 29.5 Å². The molecule has 0 saturated heterocycles. The molecule has 1 N–H and O–H groups in total. The van der Waals surface area contributed by atoms with Gasteiger partial charge in [0.2, 0.25) is 0 Å². The minimum atomic E-state index is -0.424. The smallest absolute Gasteiger partial charge is 0.125 e. The van der Waals surface area contributed by atoms with Gasteiger partial charge >= 0.3 is 0 Å². The molecule has 0 saturated carbocycles.